The Hall–Kier alpha value is -4.25. The number of nitrogens with zero attached hydrogens (tertiary/aromatic N) is 3. The minimum Gasteiger partial charge on any atom is -0.302 e. The zero-order chi connectivity index (χ0) is 26.7. The quantitative estimate of drug-likeness (QED) is 0.152. The Labute approximate surface area is 210 Å². The van der Waals surface area contributed by atoms with Gasteiger partial charge in [-0.15, -0.1) is 0 Å². The Balaban J connectivity index is 1.59. The number of imide groups is 1. The maximum atomic E-state index is 14.0. The smallest absolute Gasteiger partial charge is 0.302 e. The predicted molar refractivity (Wildman–Crippen MR) is 130 cm³/mol. The van der Waals surface area contributed by atoms with Crippen molar-refractivity contribution in [3.05, 3.63) is 115 Å². The van der Waals surface area contributed by atoms with Gasteiger partial charge in [-0.05, 0) is 54.4 Å². The maximum Gasteiger partial charge on any atom is 0.353 e. The molecule has 4 rings (SSSR count). The standard InChI is InChI=1S/C24H20N3O9P/c1-16(25-23(28)21-4-2-3-5-22(21)24(25)29)37(34,35-14-17-6-10-19(11-7-17)26(30)31)36-15-18-8-12-20(13-9-18)27(32)33/h2-13,16H,14-15H2,1H3. The number of rotatable bonds is 10. The van der Waals surface area contributed by atoms with E-state index < -0.39 is 35.0 Å². The first kappa shape index (κ1) is 25.8. The van der Waals surface area contributed by atoms with Crippen molar-refractivity contribution in [1.29, 1.82) is 0 Å². The molecule has 2 amide bonds. The SMILES string of the molecule is CC(N1C(=O)c2ccccc2C1=O)P(=O)(OCc1ccc([N+](=O)[O-])cc1)OCc1ccc([N+](=O)[O-])cc1. The molecule has 12 nitrogen and oxygen atoms in total. The van der Waals surface area contributed by atoms with E-state index in [-0.39, 0.29) is 35.7 Å². The predicted octanol–water partition coefficient (Wildman–Crippen LogP) is 5.07. The van der Waals surface area contributed by atoms with E-state index >= 15 is 0 Å². The summed E-state index contributed by atoms with van der Waals surface area (Å²) in [5.74, 6) is -2.62. The van der Waals surface area contributed by atoms with E-state index in [4.69, 9.17) is 9.05 Å². The average molecular weight is 525 g/mol. The zero-order valence-corrected chi connectivity index (χ0v) is 20.3. The molecule has 1 aliphatic rings. The number of nitro groups is 2. The molecule has 0 bridgehead atoms. The van der Waals surface area contributed by atoms with Crippen molar-refractivity contribution in [2.24, 2.45) is 0 Å². The van der Waals surface area contributed by atoms with Gasteiger partial charge in [0.1, 0.15) is 5.78 Å². The summed E-state index contributed by atoms with van der Waals surface area (Å²) < 4.78 is 25.4. The molecular formula is C24H20N3O9P. The fourth-order valence-corrected chi connectivity index (χ4v) is 5.36. The van der Waals surface area contributed by atoms with E-state index in [1.807, 2.05) is 0 Å². The van der Waals surface area contributed by atoms with Gasteiger partial charge in [0.25, 0.3) is 23.2 Å². The molecule has 0 aliphatic carbocycles. The van der Waals surface area contributed by atoms with Gasteiger partial charge in [-0.25, -0.2) is 0 Å². The van der Waals surface area contributed by atoms with Crippen molar-refractivity contribution in [3.8, 4) is 0 Å². The molecule has 1 aliphatic heterocycles. The van der Waals surface area contributed by atoms with Crippen molar-refractivity contribution in [3.63, 3.8) is 0 Å². The highest BCUT2D eigenvalue weighted by Crippen LogP contribution is 2.56. The van der Waals surface area contributed by atoms with Gasteiger partial charge in [0.2, 0.25) is 0 Å². The molecule has 0 fully saturated rings. The molecule has 13 heteroatoms. The molecule has 0 aromatic heterocycles. The van der Waals surface area contributed by atoms with Crippen LogP contribution in [-0.4, -0.2) is 32.3 Å². The third-order valence-electron chi connectivity index (χ3n) is 5.77. The largest absolute Gasteiger partial charge is 0.353 e. The molecule has 3 aromatic carbocycles. The minimum atomic E-state index is -4.24. The second-order valence-corrected chi connectivity index (χ2v) is 10.4. The first-order valence-corrected chi connectivity index (χ1v) is 12.5. The zero-order valence-electron chi connectivity index (χ0n) is 19.4. The topological polar surface area (TPSA) is 159 Å². The second kappa shape index (κ2) is 10.4. The lowest BCUT2D eigenvalue weighted by Crippen LogP contribution is -2.38. The third-order valence-corrected chi connectivity index (χ3v) is 7.90. The van der Waals surface area contributed by atoms with E-state index in [0.29, 0.717) is 11.1 Å². The van der Waals surface area contributed by atoms with Gasteiger partial charge in [0, 0.05) is 24.3 Å². The molecule has 0 saturated carbocycles. The van der Waals surface area contributed by atoms with Crippen molar-refractivity contribution in [1.82, 2.24) is 4.90 Å². The number of hydrogen-bond donors (Lipinski definition) is 0. The number of nitro benzene ring substituents is 2. The molecular weight excluding hydrogens is 505 g/mol. The fraction of sp³-hybridized carbons (Fsp3) is 0.167. The molecule has 1 unspecified atom stereocenters. The Morgan fingerprint density at radius 1 is 0.757 bits per heavy atom. The van der Waals surface area contributed by atoms with Gasteiger partial charge in [-0.1, -0.05) is 12.1 Å². The van der Waals surface area contributed by atoms with E-state index in [0.717, 1.165) is 4.90 Å². The number of non-ortho nitro benzene ring substituents is 2. The number of hydrogen-bond acceptors (Lipinski definition) is 9. The summed E-state index contributed by atoms with van der Waals surface area (Å²) in [5.41, 5.74) is 0.938. The van der Waals surface area contributed by atoms with Crippen LogP contribution in [0.15, 0.2) is 72.8 Å². The van der Waals surface area contributed by atoms with Crippen LogP contribution in [-0.2, 0) is 26.8 Å². The van der Waals surface area contributed by atoms with Gasteiger partial charge in [0.15, 0.2) is 0 Å². The van der Waals surface area contributed by atoms with Gasteiger partial charge >= 0.3 is 7.60 Å². The van der Waals surface area contributed by atoms with E-state index in [2.05, 4.69) is 0 Å². The number of benzene rings is 3. The molecule has 37 heavy (non-hydrogen) atoms. The highest BCUT2D eigenvalue weighted by Gasteiger charge is 2.47. The third kappa shape index (κ3) is 5.31. The van der Waals surface area contributed by atoms with Crippen LogP contribution in [0.3, 0.4) is 0 Å². The fourth-order valence-electron chi connectivity index (χ4n) is 3.70. The Bertz CT molecular complexity index is 1320. The number of carbonyl (C=O) groups is 2. The monoisotopic (exact) mass is 525 g/mol. The highest BCUT2D eigenvalue weighted by molar-refractivity contribution is 7.54. The summed E-state index contributed by atoms with van der Waals surface area (Å²) in [6.07, 6.45) is 0. The molecule has 0 saturated heterocycles. The molecule has 0 spiro atoms. The lowest BCUT2D eigenvalue weighted by molar-refractivity contribution is -0.385. The highest BCUT2D eigenvalue weighted by atomic mass is 31.2. The van der Waals surface area contributed by atoms with Crippen molar-refractivity contribution >= 4 is 30.8 Å². The van der Waals surface area contributed by atoms with Crippen LogP contribution in [0.5, 0.6) is 0 Å². The lowest BCUT2D eigenvalue weighted by atomic mass is 10.1. The summed E-state index contributed by atoms with van der Waals surface area (Å²) in [5, 5.41) is 21.8. The minimum absolute atomic E-state index is 0.138. The van der Waals surface area contributed by atoms with Gasteiger partial charge in [-0.3, -0.25) is 39.3 Å². The lowest BCUT2D eigenvalue weighted by Gasteiger charge is -2.29. The molecule has 1 heterocycles. The van der Waals surface area contributed by atoms with Crippen molar-refractivity contribution in [2.75, 3.05) is 0 Å². The summed E-state index contributed by atoms with van der Waals surface area (Å²) in [6, 6.07) is 16.9. The van der Waals surface area contributed by atoms with E-state index in [1.54, 1.807) is 12.1 Å². The van der Waals surface area contributed by atoms with Crippen LogP contribution in [0.1, 0.15) is 38.8 Å². The first-order chi connectivity index (χ1) is 17.6. The van der Waals surface area contributed by atoms with Crippen LogP contribution in [0.25, 0.3) is 0 Å². The van der Waals surface area contributed by atoms with E-state index in [9.17, 15) is 34.4 Å². The average Bonchev–Trinajstić information content (AvgIpc) is 3.16. The van der Waals surface area contributed by atoms with Crippen molar-refractivity contribution in [2.45, 2.75) is 25.9 Å². The van der Waals surface area contributed by atoms with Crippen LogP contribution in [0.4, 0.5) is 11.4 Å². The van der Waals surface area contributed by atoms with Crippen LogP contribution in [0, 0.1) is 20.2 Å². The van der Waals surface area contributed by atoms with Gasteiger partial charge < -0.3 is 9.05 Å². The van der Waals surface area contributed by atoms with Gasteiger partial charge in [-0.2, -0.15) is 0 Å². The normalized spacial score (nSPS) is 13.9. The summed E-state index contributed by atoms with van der Waals surface area (Å²) in [6.45, 7) is 0.792. The van der Waals surface area contributed by atoms with Gasteiger partial charge in [0.05, 0.1) is 34.2 Å². The second-order valence-electron chi connectivity index (χ2n) is 8.09. The summed E-state index contributed by atoms with van der Waals surface area (Å²) in [7, 11) is -4.24. The Morgan fingerprint density at radius 3 is 1.49 bits per heavy atom. The summed E-state index contributed by atoms with van der Waals surface area (Å²) in [4.78, 5) is 47.5. The summed E-state index contributed by atoms with van der Waals surface area (Å²) >= 11 is 0. The first-order valence-electron chi connectivity index (χ1n) is 10.9. The van der Waals surface area contributed by atoms with Crippen LogP contribution >= 0.6 is 7.60 Å². The number of fused-ring (bicyclic) bond motifs is 1. The Kier molecular flexibility index (Phi) is 7.25. The molecule has 0 radical (unpaired) electrons. The Morgan fingerprint density at radius 2 is 1.14 bits per heavy atom. The van der Waals surface area contributed by atoms with Crippen LogP contribution in [0.2, 0.25) is 0 Å². The van der Waals surface area contributed by atoms with E-state index in [1.165, 1.54) is 67.6 Å². The molecule has 190 valence electrons. The molecule has 1 atom stereocenters. The number of amides is 2. The molecule has 0 N–H and O–H groups in total. The number of carbonyl (C=O) groups excluding carboxylic acids is 2. The van der Waals surface area contributed by atoms with Crippen LogP contribution < -0.4 is 0 Å². The molecule has 3 aromatic rings. The maximum absolute atomic E-state index is 14.0. The van der Waals surface area contributed by atoms with Crippen molar-refractivity contribution < 1.29 is 33.0 Å².